The molecular weight excluding hydrogens is 352 g/mol. The van der Waals surface area contributed by atoms with Crippen LogP contribution in [0.4, 0.5) is 5.69 Å². The van der Waals surface area contributed by atoms with Crippen molar-refractivity contribution in [3.63, 3.8) is 0 Å². The first-order valence-electron chi connectivity index (χ1n) is 6.59. The molecule has 0 aliphatic heterocycles. The SMILES string of the molecule is O=C(NC1CC1)c1ccc(NC(=O)c2sccc2Br)cc1. The first-order valence-corrected chi connectivity index (χ1v) is 8.26. The third-order valence-corrected chi connectivity index (χ3v) is 4.98. The number of carbonyl (C=O) groups is 2. The van der Waals surface area contributed by atoms with Gasteiger partial charge in [-0.1, -0.05) is 0 Å². The smallest absolute Gasteiger partial charge is 0.266 e. The highest BCUT2D eigenvalue weighted by atomic mass is 79.9. The summed E-state index contributed by atoms with van der Waals surface area (Å²) in [6.45, 7) is 0. The normalized spacial score (nSPS) is 13.8. The van der Waals surface area contributed by atoms with Gasteiger partial charge in [0.2, 0.25) is 0 Å². The molecule has 1 aromatic heterocycles. The molecule has 108 valence electrons. The second-order valence-electron chi connectivity index (χ2n) is 4.88. The first-order chi connectivity index (χ1) is 10.1. The fraction of sp³-hybridized carbons (Fsp3) is 0.200. The second kappa shape index (κ2) is 5.99. The topological polar surface area (TPSA) is 58.2 Å². The Morgan fingerprint density at radius 1 is 1.10 bits per heavy atom. The van der Waals surface area contributed by atoms with E-state index in [4.69, 9.17) is 0 Å². The fourth-order valence-electron chi connectivity index (χ4n) is 1.84. The van der Waals surface area contributed by atoms with Crippen LogP contribution in [0.5, 0.6) is 0 Å². The Morgan fingerprint density at radius 2 is 1.81 bits per heavy atom. The number of thiophene rings is 1. The Bertz CT molecular complexity index is 677. The zero-order chi connectivity index (χ0) is 14.8. The van der Waals surface area contributed by atoms with Crippen molar-refractivity contribution in [1.29, 1.82) is 0 Å². The van der Waals surface area contributed by atoms with Crippen molar-refractivity contribution in [2.75, 3.05) is 5.32 Å². The third-order valence-electron chi connectivity index (χ3n) is 3.14. The molecule has 6 heteroatoms. The maximum absolute atomic E-state index is 12.1. The van der Waals surface area contributed by atoms with Crippen LogP contribution in [-0.2, 0) is 0 Å². The molecule has 1 aromatic carbocycles. The summed E-state index contributed by atoms with van der Waals surface area (Å²) >= 11 is 4.71. The summed E-state index contributed by atoms with van der Waals surface area (Å²) in [5, 5.41) is 7.60. The van der Waals surface area contributed by atoms with Gasteiger partial charge in [-0.2, -0.15) is 0 Å². The average molecular weight is 365 g/mol. The summed E-state index contributed by atoms with van der Waals surface area (Å²) in [7, 11) is 0. The van der Waals surface area contributed by atoms with E-state index in [2.05, 4.69) is 26.6 Å². The van der Waals surface area contributed by atoms with E-state index in [1.165, 1.54) is 11.3 Å². The summed E-state index contributed by atoms with van der Waals surface area (Å²) in [4.78, 5) is 24.5. The Labute approximate surface area is 134 Å². The Hall–Kier alpha value is -1.66. The third kappa shape index (κ3) is 3.51. The Kier molecular flexibility index (Phi) is 4.07. The van der Waals surface area contributed by atoms with E-state index in [-0.39, 0.29) is 11.8 Å². The van der Waals surface area contributed by atoms with E-state index in [0.717, 1.165) is 17.3 Å². The van der Waals surface area contributed by atoms with Crippen molar-refractivity contribution in [2.45, 2.75) is 18.9 Å². The quantitative estimate of drug-likeness (QED) is 0.869. The number of benzene rings is 1. The second-order valence-corrected chi connectivity index (χ2v) is 6.65. The number of hydrogen-bond acceptors (Lipinski definition) is 3. The lowest BCUT2D eigenvalue weighted by Crippen LogP contribution is -2.25. The lowest BCUT2D eigenvalue weighted by atomic mass is 10.2. The predicted octanol–water partition coefficient (Wildman–Crippen LogP) is 3.66. The molecule has 3 rings (SSSR count). The number of nitrogens with one attached hydrogen (secondary N) is 2. The molecule has 0 saturated heterocycles. The molecule has 0 bridgehead atoms. The lowest BCUT2D eigenvalue weighted by molar-refractivity contribution is 0.0950. The number of carbonyl (C=O) groups excluding carboxylic acids is 2. The first kappa shape index (κ1) is 14.3. The highest BCUT2D eigenvalue weighted by molar-refractivity contribution is 9.10. The molecule has 2 amide bonds. The molecule has 21 heavy (non-hydrogen) atoms. The molecule has 1 fully saturated rings. The maximum atomic E-state index is 12.1. The van der Waals surface area contributed by atoms with Crippen molar-refractivity contribution in [1.82, 2.24) is 5.32 Å². The van der Waals surface area contributed by atoms with Gasteiger partial charge in [0.25, 0.3) is 11.8 Å². The van der Waals surface area contributed by atoms with Gasteiger partial charge in [0, 0.05) is 21.8 Å². The van der Waals surface area contributed by atoms with Crippen LogP contribution < -0.4 is 10.6 Å². The van der Waals surface area contributed by atoms with Gasteiger partial charge >= 0.3 is 0 Å². The minimum Gasteiger partial charge on any atom is -0.349 e. The van der Waals surface area contributed by atoms with Crippen LogP contribution in [0.2, 0.25) is 0 Å². The van der Waals surface area contributed by atoms with E-state index in [1.807, 2.05) is 11.4 Å². The number of amides is 2. The molecule has 1 aliphatic rings. The molecule has 2 N–H and O–H groups in total. The molecule has 1 saturated carbocycles. The molecule has 1 aliphatic carbocycles. The zero-order valence-corrected chi connectivity index (χ0v) is 13.5. The van der Waals surface area contributed by atoms with Crippen LogP contribution in [0, 0.1) is 0 Å². The Balaban J connectivity index is 1.65. The van der Waals surface area contributed by atoms with Gasteiger partial charge < -0.3 is 10.6 Å². The summed E-state index contributed by atoms with van der Waals surface area (Å²) in [5.41, 5.74) is 1.28. The van der Waals surface area contributed by atoms with Crippen molar-refractivity contribution in [3.8, 4) is 0 Å². The number of anilines is 1. The summed E-state index contributed by atoms with van der Waals surface area (Å²) in [6.07, 6.45) is 2.13. The minimum atomic E-state index is -0.160. The molecule has 0 atom stereocenters. The van der Waals surface area contributed by atoms with Gasteiger partial charge in [-0.25, -0.2) is 0 Å². The maximum Gasteiger partial charge on any atom is 0.266 e. The van der Waals surface area contributed by atoms with Gasteiger partial charge in [-0.3, -0.25) is 9.59 Å². The standard InChI is InChI=1S/C15H13BrN2O2S/c16-12-7-8-21-13(12)15(20)18-10-3-1-9(2-4-10)14(19)17-11-5-6-11/h1-4,7-8,11H,5-6H2,(H,17,19)(H,18,20). The van der Waals surface area contributed by atoms with E-state index in [9.17, 15) is 9.59 Å². The van der Waals surface area contributed by atoms with Crippen LogP contribution in [-0.4, -0.2) is 17.9 Å². The van der Waals surface area contributed by atoms with Gasteiger partial charge in [0.15, 0.2) is 0 Å². The monoisotopic (exact) mass is 364 g/mol. The van der Waals surface area contributed by atoms with Gasteiger partial charge in [-0.15, -0.1) is 11.3 Å². The van der Waals surface area contributed by atoms with Crippen LogP contribution >= 0.6 is 27.3 Å². The molecule has 4 nitrogen and oxygen atoms in total. The average Bonchev–Trinajstić information content (AvgIpc) is 3.18. The van der Waals surface area contributed by atoms with E-state index in [1.54, 1.807) is 24.3 Å². The largest absolute Gasteiger partial charge is 0.349 e. The van der Waals surface area contributed by atoms with Crippen LogP contribution in [0.3, 0.4) is 0 Å². The zero-order valence-electron chi connectivity index (χ0n) is 11.1. The fourth-order valence-corrected chi connectivity index (χ4v) is 3.29. The molecule has 0 spiro atoms. The minimum absolute atomic E-state index is 0.0589. The van der Waals surface area contributed by atoms with Gasteiger partial charge in [0.05, 0.1) is 0 Å². The van der Waals surface area contributed by atoms with Crippen LogP contribution in [0.25, 0.3) is 0 Å². The van der Waals surface area contributed by atoms with Crippen LogP contribution in [0.1, 0.15) is 32.9 Å². The molecular formula is C15H13BrN2O2S. The summed E-state index contributed by atoms with van der Waals surface area (Å²) in [6, 6.07) is 9.09. The summed E-state index contributed by atoms with van der Waals surface area (Å²) < 4.78 is 0.783. The highest BCUT2D eigenvalue weighted by Gasteiger charge is 2.23. The van der Waals surface area contributed by atoms with Crippen molar-refractivity contribution in [2.24, 2.45) is 0 Å². The van der Waals surface area contributed by atoms with Crippen molar-refractivity contribution < 1.29 is 9.59 Å². The lowest BCUT2D eigenvalue weighted by Gasteiger charge is -2.06. The molecule has 0 unspecified atom stereocenters. The summed E-state index contributed by atoms with van der Waals surface area (Å²) in [5.74, 6) is -0.219. The Morgan fingerprint density at radius 3 is 2.38 bits per heavy atom. The highest BCUT2D eigenvalue weighted by Crippen LogP contribution is 2.24. The van der Waals surface area contributed by atoms with E-state index < -0.39 is 0 Å². The number of hydrogen-bond donors (Lipinski definition) is 2. The van der Waals surface area contributed by atoms with Crippen LogP contribution in [0.15, 0.2) is 40.2 Å². The molecule has 0 radical (unpaired) electrons. The van der Waals surface area contributed by atoms with E-state index in [0.29, 0.717) is 22.2 Å². The van der Waals surface area contributed by atoms with Crippen molar-refractivity contribution in [3.05, 3.63) is 50.6 Å². The van der Waals surface area contributed by atoms with Gasteiger partial charge in [-0.05, 0) is 64.5 Å². The number of halogens is 1. The molecule has 1 heterocycles. The predicted molar refractivity (Wildman–Crippen MR) is 86.9 cm³/mol. The van der Waals surface area contributed by atoms with Crippen molar-refractivity contribution >= 4 is 44.8 Å². The molecule has 2 aromatic rings. The number of rotatable bonds is 4. The van der Waals surface area contributed by atoms with E-state index >= 15 is 0 Å². The van der Waals surface area contributed by atoms with Gasteiger partial charge in [0.1, 0.15) is 4.88 Å².